The van der Waals surface area contributed by atoms with E-state index in [-0.39, 0.29) is 15.7 Å². The van der Waals surface area contributed by atoms with Crippen molar-refractivity contribution >= 4 is 77.1 Å². The van der Waals surface area contributed by atoms with Gasteiger partial charge in [-0.15, -0.1) is 11.3 Å². The molecule has 0 spiro atoms. The number of fused-ring (bicyclic) bond motifs is 2. The number of nitrogens with zero attached hydrogens (tertiary/aromatic N) is 1. The van der Waals surface area contributed by atoms with Crippen molar-refractivity contribution in [3.63, 3.8) is 0 Å². The molecule has 0 radical (unpaired) electrons. The lowest BCUT2D eigenvalue weighted by atomic mass is 10.0. The summed E-state index contributed by atoms with van der Waals surface area (Å²) in [5.74, 6) is 0.131. The van der Waals surface area contributed by atoms with Gasteiger partial charge in [-0.1, -0.05) is 101 Å². The molecule has 1 unspecified atom stereocenters. The molecule has 0 saturated heterocycles. The Morgan fingerprint density at radius 2 is 1.39 bits per heavy atom. The second-order valence-corrected chi connectivity index (χ2v) is 11.0. The van der Waals surface area contributed by atoms with Gasteiger partial charge >= 0.3 is 0 Å². The number of alkyl halides is 1. The number of benzene rings is 4. The number of aryl methyl sites for hydroxylation is 1. The number of hydrogen-bond donors (Lipinski definition) is 3. The van der Waals surface area contributed by atoms with E-state index < -0.39 is 0 Å². The lowest BCUT2D eigenvalue weighted by Crippen LogP contribution is -2.18. The molecule has 5 rings (SSSR count). The van der Waals surface area contributed by atoms with E-state index in [0.29, 0.717) is 5.13 Å². The number of nitrogen functional groups attached to an aromatic ring is 1. The number of hydrogen-bond acceptors (Lipinski definition) is 5. The summed E-state index contributed by atoms with van der Waals surface area (Å²) in [6, 6.07) is 28.4. The molecule has 36 heavy (non-hydrogen) atoms. The van der Waals surface area contributed by atoms with Crippen LogP contribution in [0.25, 0.3) is 32.8 Å². The van der Waals surface area contributed by atoms with E-state index >= 15 is 0 Å². The first-order valence-electron chi connectivity index (χ1n) is 11.1. The topological polar surface area (TPSA) is 108 Å². The Bertz CT molecular complexity index is 1500. The molecule has 5 nitrogen and oxygen atoms in total. The molecule has 4 aromatic carbocycles. The van der Waals surface area contributed by atoms with E-state index in [4.69, 9.17) is 5.73 Å². The molecular weight excluding hydrogens is 552 g/mol. The molecule has 1 atom stereocenters. The number of anilines is 1. The second kappa shape index (κ2) is 12.6. The van der Waals surface area contributed by atoms with Crippen molar-refractivity contribution in [2.45, 2.75) is 18.7 Å². The fourth-order valence-corrected chi connectivity index (χ4v) is 4.70. The van der Waals surface area contributed by atoms with Crippen LogP contribution >= 0.6 is 39.5 Å². The Kier molecular flexibility index (Phi) is 9.52. The maximum absolute atomic E-state index is 11.9. The number of thiocarbonyl (C=S) groups is 1. The van der Waals surface area contributed by atoms with E-state index in [1.165, 1.54) is 27.0 Å². The average Bonchev–Trinajstić information content (AvgIpc) is 3.20. The van der Waals surface area contributed by atoms with Crippen molar-refractivity contribution < 1.29 is 4.79 Å². The molecule has 0 saturated carbocycles. The Balaban J connectivity index is 0.000000176. The molecule has 0 aliphatic heterocycles. The summed E-state index contributed by atoms with van der Waals surface area (Å²) in [4.78, 5) is 17.4. The van der Waals surface area contributed by atoms with E-state index in [2.05, 4.69) is 87.9 Å². The van der Waals surface area contributed by atoms with E-state index in [1.807, 2.05) is 55.5 Å². The molecule has 5 aromatic rings. The van der Waals surface area contributed by atoms with Gasteiger partial charge in [0.25, 0.3) is 0 Å². The molecule has 8 heteroatoms. The van der Waals surface area contributed by atoms with Crippen molar-refractivity contribution in [1.82, 2.24) is 4.98 Å². The number of carbonyl (C=O) groups excluding carboxylic acids is 1. The van der Waals surface area contributed by atoms with Gasteiger partial charge in [-0.2, -0.15) is 0 Å². The van der Waals surface area contributed by atoms with E-state index in [1.54, 1.807) is 0 Å². The largest absolute Gasteiger partial charge is 0.377 e. The summed E-state index contributed by atoms with van der Waals surface area (Å²) in [7, 11) is 0. The molecule has 6 N–H and O–H groups in total. The maximum Gasteiger partial charge on any atom is 0.180 e. The zero-order chi connectivity index (χ0) is 26.2. The molecular formula is C28H27BrN4OS2. The predicted octanol–water partition coefficient (Wildman–Crippen LogP) is 6.85. The third kappa shape index (κ3) is 6.87. The van der Waals surface area contributed by atoms with Gasteiger partial charge in [0.2, 0.25) is 0 Å². The SMILES string of the molecule is CC(Br)C(=O)c1cccc2ccccc12.Cc1sc(N)nc1-c1cccc2ccccc12.NC(N)=S. The fourth-order valence-electron chi connectivity index (χ4n) is 3.75. The van der Waals surface area contributed by atoms with Crippen molar-refractivity contribution in [2.24, 2.45) is 11.5 Å². The van der Waals surface area contributed by atoms with Gasteiger partial charge < -0.3 is 17.2 Å². The molecule has 1 heterocycles. The van der Waals surface area contributed by atoms with Crippen LogP contribution in [-0.4, -0.2) is 20.7 Å². The summed E-state index contributed by atoms with van der Waals surface area (Å²) >= 11 is 8.94. The van der Waals surface area contributed by atoms with Crippen molar-refractivity contribution in [1.29, 1.82) is 0 Å². The average molecular weight is 580 g/mol. The van der Waals surface area contributed by atoms with Crippen molar-refractivity contribution in [3.8, 4) is 11.3 Å². The summed E-state index contributed by atoms with van der Waals surface area (Å²) in [6.45, 7) is 3.91. The minimum Gasteiger partial charge on any atom is -0.377 e. The third-order valence-electron chi connectivity index (χ3n) is 5.27. The Morgan fingerprint density at radius 1 is 0.889 bits per heavy atom. The van der Waals surface area contributed by atoms with Crippen LogP contribution in [0.1, 0.15) is 22.2 Å². The van der Waals surface area contributed by atoms with Gasteiger partial charge in [0.1, 0.15) is 0 Å². The summed E-state index contributed by atoms with van der Waals surface area (Å²) in [5.41, 5.74) is 18.0. The highest BCUT2D eigenvalue weighted by Crippen LogP contribution is 2.33. The quantitative estimate of drug-likeness (QED) is 0.123. The van der Waals surface area contributed by atoms with Crippen LogP contribution in [0, 0.1) is 6.92 Å². The minimum absolute atomic E-state index is 0.000000000000000222. The van der Waals surface area contributed by atoms with Crippen LogP contribution < -0.4 is 17.2 Å². The number of carbonyl (C=O) groups is 1. The molecule has 184 valence electrons. The van der Waals surface area contributed by atoms with Crippen LogP contribution in [0.2, 0.25) is 0 Å². The van der Waals surface area contributed by atoms with Gasteiger partial charge in [-0.05, 0) is 47.6 Å². The molecule has 0 aliphatic carbocycles. The number of aromatic nitrogens is 1. The highest BCUT2D eigenvalue weighted by Gasteiger charge is 2.14. The summed E-state index contributed by atoms with van der Waals surface area (Å²) in [6.07, 6.45) is 0. The second-order valence-electron chi connectivity index (χ2n) is 7.89. The number of ketones is 1. The lowest BCUT2D eigenvalue weighted by Gasteiger charge is -2.06. The van der Waals surface area contributed by atoms with Gasteiger partial charge in [0.05, 0.1) is 10.5 Å². The zero-order valence-corrected chi connectivity index (χ0v) is 23.2. The van der Waals surface area contributed by atoms with Crippen molar-refractivity contribution in [2.75, 3.05) is 5.73 Å². The van der Waals surface area contributed by atoms with Crippen LogP contribution in [0.3, 0.4) is 0 Å². The number of halogens is 1. The summed E-state index contributed by atoms with van der Waals surface area (Å²) < 4.78 is 0. The first-order chi connectivity index (χ1) is 17.2. The maximum atomic E-state index is 11.9. The Labute approximate surface area is 228 Å². The van der Waals surface area contributed by atoms with E-state index in [0.717, 1.165) is 27.6 Å². The molecule has 0 fully saturated rings. The standard InChI is InChI=1S/C14H12N2S.C13H11BrO.CH4N2S/c1-9-13(16-14(15)17-9)12-8-4-6-10-5-2-3-7-11(10)12;1-9(14)13(15)12-8-4-6-10-5-2-3-7-11(10)12;2-1(3)4/h2-8H,1H3,(H2,15,16);2-9H,1H3;(H4,2,3,4). The summed E-state index contributed by atoms with van der Waals surface area (Å²) in [5, 5.41) is 5.22. The van der Waals surface area contributed by atoms with Gasteiger partial charge in [-0.25, -0.2) is 4.98 Å². The zero-order valence-electron chi connectivity index (χ0n) is 19.9. The van der Waals surface area contributed by atoms with Gasteiger partial charge in [-0.3, -0.25) is 4.79 Å². The smallest absolute Gasteiger partial charge is 0.180 e. The van der Waals surface area contributed by atoms with Crippen LogP contribution in [0.15, 0.2) is 84.9 Å². The van der Waals surface area contributed by atoms with Crippen LogP contribution in [-0.2, 0) is 0 Å². The Hall–Kier alpha value is -3.33. The normalized spacial score (nSPS) is 11.1. The number of nitrogens with two attached hydrogens (primary N) is 3. The molecule has 0 amide bonds. The lowest BCUT2D eigenvalue weighted by molar-refractivity contribution is 0.0997. The number of thiazole rings is 1. The first-order valence-corrected chi connectivity index (χ1v) is 13.2. The molecule has 1 aromatic heterocycles. The number of rotatable bonds is 3. The highest BCUT2D eigenvalue weighted by molar-refractivity contribution is 9.10. The van der Waals surface area contributed by atoms with Gasteiger partial charge in [0, 0.05) is 16.0 Å². The minimum atomic E-state index is -0.136. The molecule has 0 bridgehead atoms. The Morgan fingerprint density at radius 3 is 1.94 bits per heavy atom. The highest BCUT2D eigenvalue weighted by atomic mass is 79.9. The predicted molar refractivity (Wildman–Crippen MR) is 162 cm³/mol. The fraction of sp³-hybridized carbons (Fsp3) is 0.107. The van der Waals surface area contributed by atoms with Crippen LogP contribution in [0.5, 0.6) is 0 Å². The van der Waals surface area contributed by atoms with Crippen LogP contribution in [0.4, 0.5) is 5.13 Å². The third-order valence-corrected chi connectivity index (χ3v) is 6.49. The van der Waals surface area contributed by atoms with Crippen molar-refractivity contribution in [3.05, 3.63) is 95.4 Å². The van der Waals surface area contributed by atoms with Gasteiger partial charge in [0.15, 0.2) is 16.0 Å². The monoisotopic (exact) mass is 578 g/mol. The first kappa shape index (κ1) is 27.3. The number of Topliss-reactive ketones (excluding diaryl/α,β-unsaturated/α-hetero) is 1. The van der Waals surface area contributed by atoms with E-state index in [9.17, 15) is 4.79 Å². The molecule has 0 aliphatic rings.